The maximum atomic E-state index is 2.49. The predicted molar refractivity (Wildman–Crippen MR) is 73.7 cm³/mol. The zero-order valence-electron chi connectivity index (χ0n) is 11.9. The number of hydrogen-bond acceptors (Lipinski definition) is 0. The van der Waals surface area contributed by atoms with Crippen LogP contribution in [0.2, 0.25) is 0 Å². The van der Waals surface area contributed by atoms with Gasteiger partial charge in [0.05, 0.1) is 0 Å². The van der Waals surface area contributed by atoms with Crippen molar-refractivity contribution >= 4 is 0 Å². The van der Waals surface area contributed by atoms with Crippen LogP contribution in [0.1, 0.15) is 91.4 Å². The number of rotatable bonds is 2. The van der Waals surface area contributed by atoms with Crippen LogP contribution in [0.25, 0.3) is 0 Å². The molecule has 1 atom stereocenters. The second kappa shape index (κ2) is 7.35. The van der Waals surface area contributed by atoms with Gasteiger partial charge >= 0.3 is 0 Å². The summed E-state index contributed by atoms with van der Waals surface area (Å²) in [6, 6.07) is 0. The molecule has 1 aliphatic rings. The highest BCUT2D eigenvalue weighted by Gasteiger charge is 2.22. The molecule has 1 fully saturated rings. The van der Waals surface area contributed by atoms with Crippen LogP contribution < -0.4 is 0 Å². The first-order valence-corrected chi connectivity index (χ1v) is 7.64. The van der Waals surface area contributed by atoms with Gasteiger partial charge in [0.1, 0.15) is 0 Å². The second-order valence-corrected chi connectivity index (χ2v) is 6.68. The standard InChI is InChI=1S/C16H32/c1-4-11-15-12-9-7-5-6-8-10-13-16(2,3)14-15/h15H,4-14H2,1-3H3. The van der Waals surface area contributed by atoms with Gasteiger partial charge in [0.2, 0.25) is 0 Å². The monoisotopic (exact) mass is 224 g/mol. The second-order valence-electron chi connectivity index (χ2n) is 6.68. The summed E-state index contributed by atoms with van der Waals surface area (Å²) in [5.41, 5.74) is 0.601. The summed E-state index contributed by atoms with van der Waals surface area (Å²) in [5.74, 6) is 1.01. The molecular weight excluding hydrogens is 192 g/mol. The molecule has 0 heterocycles. The first-order chi connectivity index (χ1) is 7.64. The molecule has 0 amide bonds. The predicted octanol–water partition coefficient (Wildman–Crippen LogP) is 5.95. The highest BCUT2D eigenvalue weighted by molar-refractivity contribution is 4.74. The fourth-order valence-electron chi connectivity index (χ4n) is 3.38. The first kappa shape index (κ1) is 14.1. The van der Waals surface area contributed by atoms with Gasteiger partial charge in [0, 0.05) is 0 Å². The highest BCUT2D eigenvalue weighted by atomic mass is 14.3. The maximum absolute atomic E-state index is 2.49. The van der Waals surface area contributed by atoms with E-state index in [1.54, 1.807) is 0 Å². The molecule has 0 heteroatoms. The zero-order valence-corrected chi connectivity index (χ0v) is 11.9. The van der Waals surface area contributed by atoms with Crippen LogP contribution in [0.15, 0.2) is 0 Å². The molecule has 0 radical (unpaired) electrons. The fourth-order valence-corrected chi connectivity index (χ4v) is 3.38. The van der Waals surface area contributed by atoms with Gasteiger partial charge in [-0.1, -0.05) is 78.6 Å². The average molecular weight is 224 g/mol. The Morgan fingerprint density at radius 2 is 1.56 bits per heavy atom. The molecule has 1 aliphatic carbocycles. The Labute approximate surface area is 103 Å². The zero-order chi connectivity index (χ0) is 11.9. The Hall–Kier alpha value is 0. The minimum atomic E-state index is 0.601. The Morgan fingerprint density at radius 3 is 2.25 bits per heavy atom. The molecule has 0 spiro atoms. The summed E-state index contributed by atoms with van der Waals surface area (Å²) in [6.07, 6.45) is 16.1. The van der Waals surface area contributed by atoms with Gasteiger partial charge in [-0.15, -0.1) is 0 Å². The SMILES string of the molecule is CCCC1CCCCCCCCC(C)(C)C1. The van der Waals surface area contributed by atoms with E-state index in [4.69, 9.17) is 0 Å². The first-order valence-electron chi connectivity index (χ1n) is 7.64. The number of hydrogen-bond donors (Lipinski definition) is 0. The summed E-state index contributed by atoms with van der Waals surface area (Å²) < 4.78 is 0. The lowest BCUT2D eigenvalue weighted by atomic mass is 9.76. The summed E-state index contributed by atoms with van der Waals surface area (Å²) in [5, 5.41) is 0. The van der Waals surface area contributed by atoms with Gasteiger partial charge in [-0.3, -0.25) is 0 Å². The Kier molecular flexibility index (Phi) is 6.46. The molecule has 0 aromatic heterocycles. The van der Waals surface area contributed by atoms with Crippen molar-refractivity contribution in [2.24, 2.45) is 11.3 Å². The van der Waals surface area contributed by atoms with Gasteiger partial charge in [-0.2, -0.15) is 0 Å². The van der Waals surface area contributed by atoms with Gasteiger partial charge in [0.15, 0.2) is 0 Å². The molecule has 1 unspecified atom stereocenters. The summed E-state index contributed by atoms with van der Waals surface area (Å²) in [4.78, 5) is 0. The van der Waals surface area contributed by atoms with E-state index in [0.29, 0.717) is 5.41 Å². The van der Waals surface area contributed by atoms with Crippen LogP contribution in [0.5, 0.6) is 0 Å². The summed E-state index contributed by atoms with van der Waals surface area (Å²) in [6.45, 7) is 7.33. The van der Waals surface area contributed by atoms with Gasteiger partial charge < -0.3 is 0 Å². The van der Waals surface area contributed by atoms with Crippen LogP contribution in [-0.2, 0) is 0 Å². The van der Waals surface area contributed by atoms with Crippen molar-refractivity contribution in [2.75, 3.05) is 0 Å². The van der Waals surface area contributed by atoms with E-state index in [2.05, 4.69) is 20.8 Å². The van der Waals surface area contributed by atoms with E-state index >= 15 is 0 Å². The summed E-state index contributed by atoms with van der Waals surface area (Å²) in [7, 11) is 0. The van der Waals surface area contributed by atoms with Crippen molar-refractivity contribution in [1.29, 1.82) is 0 Å². The summed E-state index contributed by atoms with van der Waals surface area (Å²) >= 11 is 0. The van der Waals surface area contributed by atoms with Crippen LogP contribution in [-0.4, -0.2) is 0 Å². The quantitative estimate of drug-likeness (QED) is 0.543. The lowest BCUT2D eigenvalue weighted by molar-refractivity contribution is 0.224. The molecule has 0 aromatic rings. The average Bonchev–Trinajstić information content (AvgIpc) is 2.23. The van der Waals surface area contributed by atoms with Gasteiger partial charge in [0.25, 0.3) is 0 Å². The van der Waals surface area contributed by atoms with E-state index < -0.39 is 0 Å². The lowest BCUT2D eigenvalue weighted by Crippen LogP contribution is -2.17. The molecular formula is C16H32. The molecule has 0 nitrogen and oxygen atoms in total. The molecule has 0 bridgehead atoms. The molecule has 96 valence electrons. The van der Waals surface area contributed by atoms with Crippen LogP contribution in [0.3, 0.4) is 0 Å². The smallest absolute Gasteiger partial charge is 0.0352 e. The molecule has 16 heavy (non-hydrogen) atoms. The van der Waals surface area contributed by atoms with Gasteiger partial charge in [-0.05, 0) is 24.2 Å². The third-order valence-corrected chi connectivity index (χ3v) is 4.25. The topological polar surface area (TPSA) is 0 Å². The lowest BCUT2D eigenvalue weighted by Gasteiger charge is -2.29. The van der Waals surface area contributed by atoms with Crippen molar-refractivity contribution in [3.8, 4) is 0 Å². The van der Waals surface area contributed by atoms with E-state index in [-0.39, 0.29) is 0 Å². The molecule has 0 aromatic carbocycles. The van der Waals surface area contributed by atoms with Crippen molar-refractivity contribution in [2.45, 2.75) is 91.4 Å². The van der Waals surface area contributed by atoms with Crippen LogP contribution >= 0.6 is 0 Å². The minimum absolute atomic E-state index is 0.601. The van der Waals surface area contributed by atoms with Crippen molar-refractivity contribution in [3.05, 3.63) is 0 Å². The third kappa shape index (κ3) is 5.92. The molecule has 0 N–H and O–H groups in total. The van der Waals surface area contributed by atoms with Crippen LogP contribution in [0.4, 0.5) is 0 Å². The normalized spacial score (nSPS) is 28.3. The molecule has 0 saturated heterocycles. The van der Waals surface area contributed by atoms with Crippen molar-refractivity contribution < 1.29 is 0 Å². The van der Waals surface area contributed by atoms with Crippen molar-refractivity contribution in [1.82, 2.24) is 0 Å². The maximum Gasteiger partial charge on any atom is -0.0352 e. The van der Waals surface area contributed by atoms with E-state index in [1.165, 1.54) is 70.6 Å². The Balaban J connectivity index is 2.47. The molecule has 1 rings (SSSR count). The highest BCUT2D eigenvalue weighted by Crippen LogP contribution is 2.36. The van der Waals surface area contributed by atoms with Crippen LogP contribution in [0, 0.1) is 11.3 Å². The largest absolute Gasteiger partial charge is 0.0654 e. The fraction of sp³-hybridized carbons (Fsp3) is 1.00. The van der Waals surface area contributed by atoms with Gasteiger partial charge in [-0.25, -0.2) is 0 Å². The van der Waals surface area contributed by atoms with E-state index in [0.717, 1.165) is 5.92 Å². The minimum Gasteiger partial charge on any atom is -0.0654 e. The third-order valence-electron chi connectivity index (χ3n) is 4.25. The Bertz CT molecular complexity index is 169. The van der Waals surface area contributed by atoms with E-state index in [9.17, 15) is 0 Å². The Morgan fingerprint density at radius 1 is 0.938 bits per heavy atom. The molecule has 0 aliphatic heterocycles. The van der Waals surface area contributed by atoms with E-state index in [1.807, 2.05) is 0 Å². The van der Waals surface area contributed by atoms with Crippen molar-refractivity contribution in [3.63, 3.8) is 0 Å². The molecule has 1 saturated carbocycles.